The highest BCUT2D eigenvalue weighted by atomic mass is 32.2. The minimum atomic E-state index is -0.348. The molecule has 0 heterocycles. The molecule has 0 amide bonds. The molecule has 13 heavy (non-hydrogen) atoms. The van der Waals surface area contributed by atoms with E-state index >= 15 is 0 Å². The fourth-order valence-corrected chi connectivity index (χ4v) is 2.07. The topological polar surface area (TPSA) is 32.3 Å². The van der Waals surface area contributed by atoms with Crippen LogP contribution in [0.25, 0.3) is 0 Å². The summed E-state index contributed by atoms with van der Waals surface area (Å²) in [5.74, 6) is 1.26. The van der Waals surface area contributed by atoms with E-state index in [1.165, 1.54) is 25.0 Å². The average molecular weight is 203 g/mol. The Morgan fingerprint density at radius 2 is 2.15 bits per heavy atom. The lowest BCUT2D eigenvalue weighted by atomic mass is 9.80. The Morgan fingerprint density at radius 3 is 2.69 bits per heavy atom. The van der Waals surface area contributed by atoms with E-state index in [1.54, 1.807) is 0 Å². The molecule has 0 spiro atoms. The number of unbranched alkanes of at least 4 members (excludes halogenated alkanes) is 1. The lowest BCUT2D eigenvalue weighted by Gasteiger charge is -2.36. The Hall–Kier alpha value is 0.270. The second-order valence-electron chi connectivity index (χ2n) is 3.95. The molecule has 0 aromatic heterocycles. The zero-order valence-corrected chi connectivity index (χ0v) is 9.33. The zero-order chi connectivity index (χ0) is 9.57. The quantitative estimate of drug-likeness (QED) is 0.617. The van der Waals surface area contributed by atoms with E-state index in [9.17, 15) is 5.11 Å². The number of nitrogens with one attached hydrogen (secondary N) is 1. The largest absolute Gasteiger partial charge is 0.389 e. The molecule has 0 unspecified atom stereocenters. The van der Waals surface area contributed by atoms with Gasteiger partial charge in [0.05, 0.1) is 5.60 Å². The molecule has 0 saturated heterocycles. The SMILES string of the molecule is CSCCCCNCC1(O)CCC1. The minimum absolute atomic E-state index is 0.348. The van der Waals surface area contributed by atoms with Crippen LogP contribution in [0.2, 0.25) is 0 Å². The van der Waals surface area contributed by atoms with Crippen molar-refractivity contribution in [2.45, 2.75) is 37.7 Å². The number of aliphatic hydroxyl groups is 1. The van der Waals surface area contributed by atoms with Gasteiger partial charge in [-0.2, -0.15) is 11.8 Å². The summed E-state index contributed by atoms with van der Waals surface area (Å²) in [6, 6.07) is 0. The van der Waals surface area contributed by atoms with Crippen molar-refractivity contribution in [3.8, 4) is 0 Å². The van der Waals surface area contributed by atoms with Gasteiger partial charge in [0.15, 0.2) is 0 Å². The maximum Gasteiger partial charge on any atom is 0.0771 e. The summed E-state index contributed by atoms with van der Waals surface area (Å²) in [5.41, 5.74) is -0.348. The number of hydrogen-bond acceptors (Lipinski definition) is 3. The molecule has 1 aliphatic rings. The van der Waals surface area contributed by atoms with E-state index in [2.05, 4.69) is 11.6 Å². The van der Waals surface area contributed by atoms with E-state index in [1.807, 2.05) is 11.8 Å². The summed E-state index contributed by atoms with van der Waals surface area (Å²) in [7, 11) is 0. The lowest BCUT2D eigenvalue weighted by Crippen LogP contribution is -2.46. The smallest absolute Gasteiger partial charge is 0.0771 e. The van der Waals surface area contributed by atoms with Crippen molar-refractivity contribution in [1.82, 2.24) is 5.32 Å². The van der Waals surface area contributed by atoms with Crippen LogP contribution in [0.1, 0.15) is 32.1 Å². The molecule has 1 rings (SSSR count). The number of thioether (sulfide) groups is 1. The van der Waals surface area contributed by atoms with Crippen molar-refractivity contribution < 1.29 is 5.11 Å². The second kappa shape index (κ2) is 5.89. The van der Waals surface area contributed by atoms with Gasteiger partial charge in [0.1, 0.15) is 0 Å². The second-order valence-corrected chi connectivity index (χ2v) is 4.94. The number of hydrogen-bond donors (Lipinski definition) is 2. The van der Waals surface area contributed by atoms with Crippen molar-refractivity contribution in [2.24, 2.45) is 0 Å². The van der Waals surface area contributed by atoms with Crippen LogP contribution in [-0.2, 0) is 0 Å². The first-order chi connectivity index (χ1) is 6.27. The standard InChI is InChI=1S/C10H21NOS/c1-13-8-3-2-7-11-9-10(12)5-4-6-10/h11-12H,2-9H2,1H3. The summed E-state index contributed by atoms with van der Waals surface area (Å²) in [6.07, 6.45) is 7.84. The van der Waals surface area contributed by atoms with E-state index in [-0.39, 0.29) is 5.60 Å². The van der Waals surface area contributed by atoms with Gasteiger partial charge in [-0.1, -0.05) is 0 Å². The van der Waals surface area contributed by atoms with Gasteiger partial charge in [0.2, 0.25) is 0 Å². The summed E-state index contributed by atoms with van der Waals surface area (Å²) in [6.45, 7) is 1.86. The molecule has 78 valence electrons. The Labute approximate surface area is 85.5 Å². The van der Waals surface area contributed by atoms with Crippen molar-refractivity contribution in [2.75, 3.05) is 25.1 Å². The molecule has 0 aliphatic heterocycles. The highest BCUT2D eigenvalue weighted by molar-refractivity contribution is 7.98. The summed E-state index contributed by atoms with van der Waals surface area (Å²) in [5, 5.41) is 13.1. The molecule has 1 saturated carbocycles. The predicted molar refractivity (Wildman–Crippen MR) is 59.3 cm³/mol. The highest BCUT2D eigenvalue weighted by Gasteiger charge is 2.33. The molecule has 0 radical (unpaired) electrons. The Morgan fingerprint density at radius 1 is 1.38 bits per heavy atom. The van der Waals surface area contributed by atoms with Crippen LogP contribution in [0.15, 0.2) is 0 Å². The normalized spacial score (nSPS) is 19.8. The van der Waals surface area contributed by atoms with Gasteiger partial charge in [-0.15, -0.1) is 0 Å². The maximum absolute atomic E-state index is 9.75. The summed E-state index contributed by atoms with van der Waals surface area (Å²) >= 11 is 1.90. The van der Waals surface area contributed by atoms with Crippen molar-refractivity contribution in [3.05, 3.63) is 0 Å². The van der Waals surface area contributed by atoms with Crippen LogP contribution in [0.4, 0.5) is 0 Å². The molecule has 0 atom stereocenters. The predicted octanol–water partition coefficient (Wildman–Crippen LogP) is 1.63. The van der Waals surface area contributed by atoms with Gasteiger partial charge in [-0.05, 0) is 50.7 Å². The molecule has 1 fully saturated rings. The number of rotatable bonds is 7. The van der Waals surface area contributed by atoms with E-state index in [0.717, 1.165) is 25.9 Å². The molecule has 2 N–H and O–H groups in total. The van der Waals surface area contributed by atoms with Crippen LogP contribution in [0, 0.1) is 0 Å². The maximum atomic E-state index is 9.75. The summed E-state index contributed by atoms with van der Waals surface area (Å²) in [4.78, 5) is 0. The van der Waals surface area contributed by atoms with Gasteiger partial charge in [0, 0.05) is 6.54 Å². The molecular weight excluding hydrogens is 182 g/mol. The van der Waals surface area contributed by atoms with Crippen LogP contribution in [0.3, 0.4) is 0 Å². The molecular formula is C10H21NOS. The molecule has 1 aliphatic carbocycles. The fraction of sp³-hybridized carbons (Fsp3) is 1.00. The minimum Gasteiger partial charge on any atom is -0.389 e. The average Bonchev–Trinajstić information content (AvgIpc) is 2.08. The first kappa shape index (κ1) is 11.3. The Balaban J connectivity index is 1.83. The zero-order valence-electron chi connectivity index (χ0n) is 8.51. The van der Waals surface area contributed by atoms with Crippen molar-refractivity contribution >= 4 is 11.8 Å². The van der Waals surface area contributed by atoms with Gasteiger partial charge in [0.25, 0.3) is 0 Å². The molecule has 0 aromatic rings. The molecule has 0 aromatic carbocycles. The van der Waals surface area contributed by atoms with Crippen molar-refractivity contribution in [3.63, 3.8) is 0 Å². The molecule has 0 bridgehead atoms. The fourth-order valence-electron chi connectivity index (χ4n) is 1.58. The van der Waals surface area contributed by atoms with Crippen LogP contribution in [-0.4, -0.2) is 35.8 Å². The third-order valence-corrected chi connectivity index (χ3v) is 3.39. The highest BCUT2D eigenvalue weighted by Crippen LogP contribution is 2.30. The van der Waals surface area contributed by atoms with Crippen LogP contribution in [0.5, 0.6) is 0 Å². The van der Waals surface area contributed by atoms with E-state index in [4.69, 9.17) is 0 Å². The van der Waals surface area contributed by atoms with E-state index < -0.39 is 0 Å². The Kier molecular flexibility index (Phi) is 5.14. The van der Waals surface area contributed by atoms with Gasteiger partial charge in [-0.25, -0.2) is 0 Å². The van der Waals surface area contributed by atoms with E-state index in [0.29, 0.717) is 0 Å². The van der Waals surface area contributed by atoms with Crippen molar-refractivity contribution in [1.29, 1.82) is 0 Å². The third kappa shape index (κ3) is 4.34. The molecule has 3 heteroatoms. The van der Waals surface area contributed by atoms with Gasteiger partial charge < -0.3 is 10.4 Å². The van der Waals surface area contributed by atoms with Crippen LogP contribution >= 0.6 is 11.8 Å². The van der Waals surface area contributed by atoms with Gasteiger partial charge >= 0.3 is 0 Å². The first-order valence-electron chi connectivity index (χ1n) is 5.19. The Bertz CT molecular complexity index is 137. The third-order valence-electron chi connectivity index (χ3n) is 2.69. The summed E-state index contributed by atoms with van der Waals surface area (Å²) < 4.78 is 0. The van der Waals surface area contributed by atoms with Gasteiger partial charge in [-0.3, -0.25) is 0 Å². The monoisotopic (exact) mass is 203 g/mol. The van der Waals surface area contributed by atoms with Crippen LogP contribution < -0.4 is 5.32 Å². The first-order valence-corrected chi connectivity index (χ1v) is 6.58. The molecule has 2 nitrogen and oxygen atoms in total. The lowest BCUT2D eigenvalue weighted by molar-refractivity contribution is -0.0311.